The van der Waals surface area contributed by atoms with Crippen molar-refractivity contribution in [2.75, 3.05) is 5.73 Å². The molecule has 8 nitrogen and oxygen atoms in total. The Morgan fingerprint density at radius 1 is 1.03 bits per heavy atom. The van der Waals surface area contributed by atoms with E-state index in [0.717, 1.165) is 6.07 Å². The zero-order valence-corrected chi connectivity index (χ0v) is 15.1. The van der Waals surface area contributed by atoms with E-state index in [1.807, 2.05) is 4.98 Å². The molecule has 0 spiro atoms. The molecule has 1 heterocycles. The highest BCUT2D eigenvalue weighted by Crippen LogP contribution is 2.30. The summed E-state index contributed by atoms with van der Waals surface area (Å²) in [5, 5.41) is 18.9. The summed E-state index contributed by atoms with van der Waals surface area (Å²) in [5.74, 6) is -6.27. The van der Waals surface area contributed by atoms with E-state index in [9.17, 15) is 33.4 Å². The van der Waals surface area contributed by atoms with Gasteiger partial charge in [-0.1, -0.05) is 24.3 Å². The normalized spacial score (nSPS) is 10.6. The average molecular weight is 416 g/mol. The molecule has 0 radical (unpaired) electrons. The van der Waals surface area contributed by atoms with Gasteiger partial charge in [-0.3, -0.25) is 4.79 Å². The highest BCUT2D eigenvalue weighted by atomic mass is 19.2. The molecule has 1 aromatic heterocycles. The Labute approximate surface area is 167 Å². The quantitative estimate of drug-likeness (QED) is 0.484. The molecule has 0 aliphatic rings. The number of ether oxygens (including phenoxy) is 1. The number of nitrogens with two attached hydrogens (primary N) is 1. The van der Waals surface area contributed by atoms with Crippen molar-refractivity contribution in [1.29, 1.82) is 0 Å². The molecule has 3 aromatic rings. The van der Waals surface area contributed by atoms with Crippen LogP contribution in [0.15, 0.2) is 47.3 Å². The summed E-state index contributed by atoms with van der Waals surface area (Å²) in [4.78, 5) is 37.4. The predicted octanol–water partition coefficient (Wildman–Crippen LogP) is 2.88. The number of anilines is 1. The monoisotopic (exact) mass is 416 g/mol. The Kier molecular flexibility index (Phi) is 5.50. The number of carboxylic acid groups (broad SMARTS) is 2. The van der Waals surface area contributed by atoms with Crippen LogP contribution in [0.5, 0.6) is 5.75 Å². The third-order valence-electron chi connectivity index (χ3n) is 4.20. The fourth-order valence-electron chi connectivity index (χ4n) is 2.91. The van der Waals surface area contributed by atoms with Gasteiger partial charge in [0.05, 0.1) is 0 Å². The molecule has 3 rings (SSSR count). The lowest BCUT2D eigenvalue weighted by molar-refractivity contribution is 0.0695. The van der Waals surface area contributed by atoms with Crippen molar-refractivity contribution in [3.05, 3.63) is 81.1 Å². The van der Waals surface area contributed by atoms with Crippen LogP contribution in [0.1, 0.15) is 26.3 Å². The topological polar surface area (TPSA) is 143 Å². The van der Waals surface area contributed by atoms with Gasteiger partial charge >= 0.3 is 11.9 Å². The molecule has 2 aromatic carbocycles. The van der Waals surface area contributed by atoms with E-state index in [1.165, 1.54) is 36.4 Å². The minimum absolute atomic E-state index is 0.0726. The first-order valence-electron chi connectivity index (χ1n) is 8.39. The first kappa shape index (κ1) is 20.5. The Morgan fingerprint density at radius 2 is 1.70 bits per heavy atom. The number of aromatic amines is 1. The van der Waals surface area contributed by atoms with E-state index >= 15 is 0 Å². The second kappa shape index (κ2) is 8.03. The second-order valence-corrected chi connectivity index (χ2v) is 6.14. The van der Waals surface area contributed by atoms with E-state index in [4.69, 9.17) is 10.5 Å². The first-order chi connectivity index (χ1) is 14.2. The number of halogens is 2. The van der Waals surface area contributed by atoms with Crippen molar-refractivity contribution < 1.29 is 33.3 Å². The highest BCUT2D eigenvalue weighted by Gasteiger charge is 2.26. The van der Waals surface area contributed by atoms with Crippen molar-refractivity contribution in [1.82, 2.24) is 4.98 Å². The van der Waals surface area contributed by atoms with E-state index in [0.29, 0.717) is 5.56 Å². The zero-order valence-electron chi connectivity index (χ0n) is 15.1. The van der Waals surface area contributed by atoms with Crippen molar-refractivity contribution in [2.24, 2.45) is 0 Å². The van der Waals surface area contributed by atoms with E-state index in [2.05, 4.69) is 0 Å². The largest absolute Gasteiger partial charge is 0.486 e. The van der Waals surface area contributed by atoms with Crippen LogP contribution in [0.2, 0.25) is 0 Å². The summed E-state index contributed by atoms with van der Waals surface area (Å²) in [7, 11) is 0. The second-order valence-electron chi connectivity index (χ2n) is 6.14. The van der Waals surface area contributed by atoms with Gasteiger partial charge in [-0.05, 0) is 29.3 Å². The van der Waals surface area contributed by atoms with Gasteiger partial charge in [0.15, 0.2) is 11.6 Å². The number of aromatic carboxylic acids is 2. The van der Waals surface area contributed by atoms with Crippen LogP contribution in [0.25, 0.3) is 11.1 Å². The van der Waals surface area contributed by atoms with Crippen LogP contribution in [0.4, 0.5) is 14.6 Å². The molecule has 5 N–H and O–H groups in total. The molecule has 0 saturated carbocycles. The average Bonchev–Trinajstić information content (AvgIpc) is 2.68. The van der Waals surface area contributed by atoms with Gasteiger partial charge in [0.1, 0.15) is 23.6 Å². The number of aromatic nitrogens is 1. The molecule has 0 atom stereocenters. The first-order valence-corrected chi connectivity index (χ1v) is 8.39. The Bertz CT molecular complexity index is 1220. The molecule has 154 valence electrons. The maximum absolute atomic E-state index is 13.7. The lowest BCUT2D eigenvalue weighted by Gasteiger charge is -2.13. The van der Waals surface area contributed by atoms with E-state index < -0.39 is 46.1 Å². The smallest absolute Gasteiger partial charge is 0.342 e. The molecular weight excluding hydrogens is 402 g/mol. The van der Waals surface area contributed by atoms with Crippen molar-refractivity contribution in [3.8, 4) is 16.9 Å². The van der Waals surface area contributed by atoms with Gasteiger partial charge in [-0.15, -0.1) is 0 Å². The Balaban J connectivity index is 2.08. The summed E-state index contributed by atoms with van der Waals surface area (Å²) in [6, 6.07) is 9.18. The van der Waals surface area contributed by atoms with Crippen LogP contribution in [0, 0.1) is 11.6 Å². The van der Waals surface area contributed by atoms with Crippen LogP contribution in [-0.4, -0.2) is 27.1 Å². The molecule has 10 heteroatoms. The molecular formula is C20H14F2N2O6. The van der Waals surface area contributed by atoms with Crippen LogP contribution >= 0.6 is 0 Å². The summed E-state index contributed by atoms with van der Waals surface area (Å²) < 4.78 is 32.3. The predicted molar refractivity (Wildman–Crippen MR) is 102 cm³/mol. The van der Waals surface area contributed by atoms with Crippen LogP contribution < -0.4 is 16.0 Å². The number of pyridine rings is 1. The molecule has 30 heavy (non-hydrogen) atoms. The fraction of sp³-hybridized carbons (Fsp3) is 0.0500. The molecule has 0 aliphatic carbocycles. The van der Waals surface area contributed by atoms with Crippen molar-refractivity contribution in [2.45, 2.75) is 6.61 Å². The molecule has 0 bridgehead atoms. The molecule has 0 aliphatic heterocycles. The Morgan fingerprint density at radius 3 is 2.37 bits per heavy atom. The summed E-state index contributed by atoms with van der Waals surface area (Å²) in [5.41, 5.74) is 3.23. The van der Waals surface area contributed by atoms with Gasteiger partial charge in [-0.2, -0.15) is 4.39 Å². The van der Waals surface area contributed by atoms with Gasteiger partial charge in [0.25, 0.3) is 5.56 Å². The van der Waals surface area contributed by atoms with Gasteiger partial charge in [0.2, 0.25) is 5.82 Å². The van der Waals surface area contributed by atoms with E-state index in [1.54, 1.807) is 0 Å². The van der Waals surface area contributed by atoms with E-state index in [-0.39, 0.29) is 23.5 Å². The van der Waals surface area contributed by atoms with Gasteiger partial charge in [-0.25, -0.2) is 14.0 Å². The third kappa shape index (κ3) is 3.83. The number of benzene rings is 2. The minimum atomic E-state index is -1.64. The standard InChI is InChI=1S/C20H14F2N2O6/c21-11-5-2-6-12(16(11)22)30-8-9-3-1-4-10(7-9)13-14(19(26)27)17(23)24-18(25)15(13)20(28)29/h1-7H,8H2,(H,26,27)(H,28,29)(H3,23,24,25). The maximum Gasteiger partial charge on any atom is 0.342 e. The number of hydrogen-bond acceptors (Lipinski definition) is 5. The number of H-pyrrole nitrogens is 1. The number of rotatable bonds is 6. The molecule has 0 amide bonds. The lowest BCUT2D eigenvalue weighted by Crippen LogP contribution is -2.24. The SMILES string of the molecule is Nc1[nH]c(=O)c(C(=O)O)c(-c2cccc(COc3cccc(F)c3F)c2)c1C(=O)O. The number of carbonyl (C=O) groups is 2. The molecule has 0 saturated heterocycles. The molecule has 0 fully saturated rings. The lowest BCUT2D eigenvalue weighted by atomic mass is 9.94. The summed E-state index contributed by atoms with van der Waals surface area (Å²) in [6.45, 7) is -0.238. The van der Waals surface area contributed by atoms with Gasteiger partial charge in [0, 0.05) is 5.56 Å². The number of nitrogens with one attached hydrogen (secondary N) is 1. The molecule has 0 unspecified atom stereocenters. The number of hydrogen-bond donors (Lipinski definition) is 4. The van der Waals surface area contributed by atoms with Crippen molar-refractivity contribution in [3.63, 3.8) is 0 Å². The highest BCUT2D eigenvalue weighted by molar-refractivity contribution is 6.07. The Hall–Kier alpha value is -4.21. The summed E-state index contributed by atoms with van der Waals surface area (Å²) in [6.07, 6.45) is 0. The fourth-order valence-corrected chi connectivity index (χ4v) is 2.91. The maximum atomic E-state index is 13.7. The zero-order chi connectivity index (χ0) is 22.0. The minimum Gasteiger partial charge on any atom is -0.486 e. The third-order valence-corrected chi connectivity index (χ3v) is 4.20. The summed E-state index contributed by atoms with van der Waals surface area (Å²) >= 11 is 0. The number of carboxylic acids is 2. The van der Waals surface area contributed by atoms with Gasteiger partial charge < -0.3 is 25.7 Å². The number of nitrogen functional groups attached to an aromatic ring is 1. The van der Waals surface area contributed by atoms with Crippen LogP contribution in [-0.2, 0) is 6.61 Å². The van der Waals surface area contributed by atoms with Crippen molar-refractivity contribution >= 4 is 17.8 Å². The van der Waals surface area contributed by atoms with Crippen LogP contribution in [0.3, 0.4) is 0 Å².